The quantitative estimate of drug-likeness (QED) is 0.195. The van der Waals surface area contributed by atoms with E-state index in [9.17, 15) is 4.39 Å². The number of halogens is 1. The Bertz CT molecular complexity index is 2040. The van der Waals surface area contributed by atoms with Crippen molar-refractivity contribution in [1.82, 2.24) is 30.1 Å². The van der Waals surface area contributed by atoms with Gasteiger partial charge in [-0.3, -0.25) is 10.1 Å². The molecule has 0 spiro atoms. The number of pyridine rings is 3. The van der Waals surface area contributed by atoms with E-state index in [4.69, 9.17) is 0 Å². The number of nitrogens with zero attached hydrogens (tertiary/aromatic N) is 4. The standard InChI is InChI=1S/C33H24FN7/c1-20(12-21-6-3-2-4-7-21)38-26-14-23(17-35-19-26)24-15-29-31(40-41-33(29)37-18-24)30-16-28-27(10-11-36-32(28)39-30)22-8-5-9-25(34)13-22/h2-11,13-19,38H,1,12H2,(H,36,39)(H,37,40,41). The van der Waals surface area contributed by atoms with Gasteiger partial charge in [-0.15, -0.1) is 0 Å². The highest BCUT2D eigenvalue weighted by Crippen LogP contribution is 2.34. The van der Waals surface area contributed by atoms with Crippen LogP contribution in [0, 0.1) is 5.82 Å². The Hall–Kier alpha value is -5.63. The van der Waals surface area contributed by atoms with Crippen LogP contribution in [0.2, 0.25) is 0 Å². The summed E-state index contributed by atoms with van der Waals surface area (Å²) in [6, 6.07) is 24.7. The normalized spacial score (nSPS) is 11.2. The third kappa shape index (κ3) is 4.83. The van der Waals surface area contributed by atoms with Crippen molar-refractivity contribution in [2.45, 2.75) is 6.42 Å². The molecule has 5 aromatic heterocycles. The lowest BCUT2D eigenvalue weighted by Gasteiger charge is -2.11. The van der Waals surface area contributed by atoms with Gasteiger partial charge in [0, 0.05) is 52.6 Å². The summed E-state index contributed by atoms with van der Waals surface area (Å²) in [6.07, 6.45) is 7.82. The van der Waals surface area contributed by atoms with Gasteiger partial charge in [0.25, 0.3) is 0 Å². The van der Waals surface area contributed by atoms with Crippen LogP contribution in [0.1, 0.15) is 5.56 Å². The highest BCUT2D eigenvalue weighted by atomic mass is 19.1. The van der Waals surface area contributed by atoms with Crippen LogP contribution < -0.4 is 5.32 Å². The van der Waals surface area contributed by atoms with Gasteiger partial charge in [0.1, 0.15) is 11.5 Å². The summed E-state index contributed by atoms with van der Waals surface area (Å²) in [6.45, 7) is 4.18. The first-order valence-corrected chi connectivity index (χ1v) is 13.1. The van der Waals surface area contributed by atoms with Crippen LogP contribution in [-0.2, 0) is 6.42 Å². The SMILES string of the molecule is C=C(Cc1ccccc1)Nc1cncc(-c2cnc3n[nH]c(-c4cc5c(-c6cccc(F)c6)ccnc5[nH]4)c3c2)c1. The topological polar surface area (TPSA) is 95.2 Å². The van der Waals surface area contributed by atoms with Crippen molar-refractivity contribution in [1.29, 1.82) is 0 Å². The van der Waals surface area contributed by atoms with E-state index >= 15 is 0 Å². The van der Waals surface area contributed by atoms with Crippen molar-refractivity contribution >= 4 is 27.8 Å². The van der Waals surface area contributed by atoms with Crippen LogP contribution in [0.25, 0.3) is 55.7 Å². The van der Waals surface area contributed by atoms with E-state index < -0.39 is 0 Å². The number of aromatic nitrogens is 6. The van der Waals surface area contributed by atoms with E-state index in [1.165, 1.54) is 17.7 Å². The molecule has 0 atom stereocenters. The second-order valence-corrected chi connectivity index (χ2v) is 9.86. The van der Waals surface area contributed by atoms with Crippen LogP contribution in [0.15, 0.2) is 116 Å². The number of benzene rings is 2. The second kappa shape index (κ2) is 10.2. The van der Waals surface area contributed by atoms with Crippen LogP contribution in [0.5, 0.6) is 0 Å². The molecule has 0 aliphatic rings. The van der Waals surface area contributed by atoms with E-state index in [1.807, 2.05) is 54.7 Å². The minimum absolute atomic E-state index is 0.282. The summed E-state index contributed by atoms with van der Waals surface area (Å²) in [5.41, 5.74) is 9.30. The summed E-state index contributed by atoms with van der Waals surface area (Å²) < 4.78 is 14.0. The van der Waals surface area contributed by atoms with Gasteiger partial charge < -0.3 is 10.3 Å². The molecule has 0 aliphatic heterocycles. The minimum Gasteiger partial charge on any atom is -0.358 e. The largest absolute Gasteiger partial charge is 0.358 e. The van der Waals surface area contributed by atoms with Crippen LogP contribution >= 0.6 is 0 Å². The summed E-state index contributed by atoms with van der Waals surface area (Å²) in [5, 5.41) is 12.7. The van der Waals surface area contributed by atoms with Gasteiger partial charge in [-0.25, -0.2) is 14.4 Å². The molecule has 5 heterocycles. The molecule has 0 radical (unpaired) electrons. The van der Waals surface area contributed by atoms with E-state index in [1.54, 1.807) is 24.7 Å². The lowest BCUT2D eigenvalue weighted by molar-refractivity contribution is 0.628. The molecule has 0 amide bonds. The van der Waals surface area contributed by atoms with Crippen molar-refractivity contribution < 1.29 is 4.39 Å². The summed E-state index contributed by atoms with van der Waals surface area (Å²) in [7, 11) is 0. The molecule has 0 aliphatic carbocycles. The predicted octanol–water partition coefficient (Wildman–Crippen LogP) is 7.54. The maximum Gasteiger partial charge on any atom is 0.181 e. The fraction of sp³-hybridized carbons (Fsp3) is 0.0303. The number of aromatic amines is 2. The average molecular weight is 538 g/mol. The zero-order chi connectivity index (χ0) is 27.8. The highest BCUT2D eigenvalue weighted by molar-refractivity contribution is 5.99. The summed E-state index contributed by atoms with van der Waals surface area (Å²) in [5.74, 6) is -0.282. The Morgan fingerprint density at radius 3 is 2.59 bits per heavy atom. The van der Waals surface area contributed by atoms with E-state index in [-0.39, 0.29) is 5.82 Å². The molecule has 0 bridgehead atoms. The Morgan fingerprint density at radius 1 is 0.829 bits per heavy atom. The zero-order valence-corrected chi connectivity index (χ0v) is 21.9. The van der Waals surface area contributed by atoms with Gasteiger partial charge in [0.15, 0.2) is 5.65 Å². The van der Waals surface area contributed by atoms with Gasteiger partial charge in [-0.1, -0.05) is 49.0 Å². The fourth-order valence-electron chi connectivity index (χ4n) is 5.09. The smallest absolute Gasteiger partial charge is 0.181 e. The Balaban J connectivity index is 1.21. The predicted molar refractivity (Wildman–Crippen MR) is 161 cm³/mol. The van der Waals surface area contributed by atoms with Crippen LogP contribution in [0.4, 0.5) is 10.1 Å². The maximum absolute atomic E-state index is 14.0. The molecule has 3 N–H and O–H groups in total. The van der Waals surface area contributed by atoms with E-state index in [0.717, 1.165) is 62.2 Å². The van der Waals surface area contributed by atoms with Crippen molar-refractivity contribution in [3.63, 3.8) is 0 Å². The van der Waals surface area contributed by atoms with Gasteiger partial charge in [-0.2, -0.15) is 5.10 Å². The number of anilines is 1. The molecule has 0 saturated heterocycles. The van der Waals surface area contributed by atoms with Crippen molar-refractivity contribution in [2.24, 2.45) is 0 Å². The van der Waals surface area contributed by atoms with Gasteiger partial charge >= 0.3 is 0 Å². The summed E-state index contributed by atoms with van der Waals surface area (Å²) in [4.78, 5) is 16.9. The molecular weight excluding hydrogens is 513 g/mol. The molecule has 0 fully saturated rings. The molecule has 2 aromatic carbocycles. The lowest BCUT2D eigenvalue weighted by Crippen LogP contribution is -2.02. The molecule has 0 saturated carbocycles. The third-order valence-electron chi connectivity index (χ3n) is 7.00. The molecular formula is C33H24FN7. The number of hydrogen-bond acceptors (Lipinski definition) is 5. The van der Waals surface area contributed by atoms with Crippen molar-refractivity contribution in [2.75, 3.05) is 5.32 Å². The van der Waals surface area contributed by atoms with Gasteiger partial charge in [0.05, 0.1) is 23.3 Å². The molecule has 7 aromatic rings. The second-order valence-electron chi connectivity index (χ2n) is 9.86. The monoisotopic (exact) mass is 537 g/mol. The minimum atomic E-state index is -0.282. The first-order valence-electron chi connectivity index (χ1n) is 13.1. The highest BCUT2D eigenvalue weighted by Gasteiger charge is 2.16. The molecule has 7 nitrogen and oxygen atoms in total. The number of H-pyrrole nitrogens is 2. The number of nitrogens with one attached hydrogen (secondary N) is 3. The number of rotatable bonds is 7. The molecule has 41 heavy (non-hydrogen) atoms. The Labute approximate surface area is 234 Å². The first kappa shape index (κ1) is 24.4. The first-order chi connectivity index (χ1) is 20.1. The van der Waals surface area contributed by atoms with Crippen LogP contribution in [0.3, 0.4) is 0 Å². The average Bonchev–Trinajstić information content (AvgIpc) is 3.61. The molecule has 198 valence electrons. The zero-order valence-electron chi connectivity index (χ0n) is 21.9. The van der Waals surface area contributed by atoms with Crippen molar-refractivity contribution in [3.8, 4) is 33.6 Å². The molecule has 8 heteroatoms. The van der Waals surface area contributed by atoms with Crippen molar-refractivity contribution in [3.05, 3.63) is 127 Å². The number of allylic oxidation sites excluding steroid dienone is 1. The maximum atomic E-state index is 14.0. The van der Waals surface area contributed by atoms with E-state index in [0.29, 0.717) is 11.3 Å². The number of fused-ring (bicyclic) bond motifs is 2. The number of hydrogen-bond donors (Lipinski definition) is 3. The van der Waals surface area contributed by atoms with Crippen LogP contribution in [-0.4, -0.2) is 30.1 Å². The molecule has 7 rings (SSSR count). The molecule has 0 unspecified atom stereocenters. The Kier molecular flexibility index (Phi) is 6.05. The third-order valence-corrected chi connectivity index (χ3v) is 7.00. The Morgan fingerprint density at radius 2 is 1.71 bits per heavy atom. The lowest BCUT2D eigenvalue weighted by atomic mass is 10.0. The fourth-order valence-corrected chi connectivity index (χ4v) is 5.09. The van der Waals surface area contributed by atoms with Gasteiger partial charge in [-0.05, 0) is 53.1 Å². The van der Waals surface area contributed by atoms with Gasteiger partial charge in [0.2, 0.25) is 0 Å². The van der Waals surface area contributed by atoms with E-state index in [2.05, 4.69) is 54.2 Å². The summed E-state index contributed by atoms with van der Waals surface area (Å²) >= 11 is 0.